The summed E-state index contributed by atoms with van der Waals surface area (Å²) >= 11 is 0. The van der Waals surface area contributed by atoms with Gasteiger partial charge in [0.05, 0.1) is 7.11 Å². The summed E-state index contributed by atoms with van der Waals surface area (Å²) in [5.74, 6) is 0.557. The van der Waals surface area contributed by atoms with Crippen molar-refractivity contribution in [2.75, 3.05) is 7.11 Å². The first kappa shape index (κ1) is 27.0. The Morgan fingerprint density at radius 3 is 2.28 bits per heavy atom. The van der Waals surface area contributed by atoms with Crippen LogP contribution in [0.4, 0.5) is 0 Å². The van der Waals surface area contributed by atoms with Crippen LogP contribution >= 0.6 is 0 Å². The minimum atomic E-state index is -0.627. The monoisotopic (exact) mass is 486 g/mol. The summed E-state index contributed by atoms with van der Waals surface area (Å²) in [5.41, 5.74) is 4.24. The highest BCUT2D eigenvalue weighted by Crippen LogP contribution is 2.20. The van der Waals surface area contributed by atoms with Crippen LogP contribution in [0.2, 0.25) is 0 Å². The van der Waals surface area contributed by atoms with Crippen LogP contribution in [0.5, 0.6) is 5.75 Å². The van der Waals surface area contributed by atoms with Gasteiger partial charge in [-0.05, 0) is 55.5 Å². The molecule has 0 bridgehead atoms. The van der Waals surface area contributed by atoms with Crippen LogP contribution in [-0.4, -0.2) is 35.9 Å². The number of hydrogen-bond donors (Lipinski definition) is 1. The Morgan fingerprint density at radius 2 is 1.61 bits per heavy atom. The van der Waals surface area contributed by atoms with E-state index in [1.165, 1.54) is 5.56 Å². The van der Waals surface area contributed by atoms with Gasteiger partial charge in [0.1, 0.15) is 11.8 Å². The molecule has 2 amide bonds. The standard InChI is InChI=1S/C31H38N2O3/c1-5-24(3)32-31(35)29(21-26-10-7-6-8-11-26)33(22-27-12-9-13-28(20-27)36-4)30(34)19-18-25-16-14-23(2)15-17-25/h6-17,20,24,29H,5,18-19,21-22H2,1-4H3,(H,32,35)/t24-,29+/m0/s1. The van der Waals surface area contributed by atoms with Crippen LogP contribution in [0, 0.1) is 6.92 Å². The van der Waals surface area contributed by atoms with Gasteiger partial charge in [-0.1, -0.05) is 79.2 Å². The van der Waals surface area contributed by atoms with Crippen molar-refractivity contribution in [3.8, 4) is 5.75 Å². The molecule has 0 aliphatic carbocycles. The summed E-state index contributed by atoms with van der Waals surface area (Å²) in [6.45, 7) is 6.41. The topological polar surface area (TPSA) is 58.6 Å². The molecular formula is C31H38N2O3. The number of methoxy groups -OCH3 is 1. The van der Waals surface area contributed by atoms with Crippen LogP contribution in [-0.2, 0) is 29.0 Å². The lowest BCUT2D eigenvalue weighted by Crippen LogP contribution is -2.52. The second kappa shape index (κ2) is 13.5. The molecule has 0 fully saturated rings. The van der Waals surface area contributed by atoms with Gasteiger partial charge in [0, 0.05) is 25.4 Å². The van der Waals surface area contributed by atoms with Crippen molar-refractivity contribution in [2.24, 2.45) is 0 Å². The molecule has 2 atom stereocenters. The van der Waals surface area contributed by atoms with Crippen molar-refractivity contribution >= 4 is 11.8 Å². The lowest BCUT2D eigenvalue weighted by Gasteiger charge is -2.32. The Labute approximate surface area is 215 Å². The van der Waals surface area contributed by atoms with E-state index < -0.39 is 6.04 Å². The van der Waals surface area contributed by atoms with Crippen molar-refractivity contribution in [3.63, 3.8) is 0 Å². The van der Waals surface area contributed by atoms with Gasteiger partial charge in [0.25, 0.3) is 0 Å². The third-order valence-electron chi connectivity index (χ3n) is 6.51. The zero-order chi connectivity index (χ0) is 25.9. The Morgan fingerprint density at radius 1 is 0.917 bits per heavy atom. The summed E-state index contributed by atoms with van der Waals surface area (Å²) in [7, 11) is 1.63. The maximum absolute atomic E-state index is 13.7. The molecule has 5 heteroatoms. The Balaban J connectivity index is 1.92. The molecule has 0 aliphatic heterocycles. The molecule has 0 saturated heterocycles. The molecule has 3 rings (SSSR count). The Hall–Kier alpha value is -3.60. The van der Waals surface area contributed by atoms with Gasteiger partial charge in [-0.25, -0.2) is 0 Å². The number of amides is 2. The number of carbonyl (C=O) groups excluding carboxylic acids is 2. The van der Waals surface area contributed by atoms with E-state index in [2.05, 4.69) is 36.5 Å². The number of benzene rings is 3. The maximum atomic E-state index is 13.7. The van der Waals surface area contributed by atoms with Gasteiger partial charge in [0.15, 0.2) is 0 Å². The molecule has 190 valence electrons. The highest BCUT2D eigenvalue weighted by molar-refractivity contribution is 5.88. The molecule has 0 aliphatic rings. The fourth-order valence-corrected chi connectivity index (χ4v) is 4.11. The molecule has 0 aromatic heterocycles. The first-order valence-corrected chi connectivity index (χ1v) is 12.7. The first-order valence-electron chi connectivity index (χ1n) is 12.7. The third kappa shape index (κ3) is 7.98. The fraction of sp³-hybridized carbons (Fsp3) is 0.355. The number of carbonyl (C=O) groups is 2. The molecule has 0 radical (unpaired) electrons. The van der Waals surface area contributed by atoms with Gasteiger partial charge in [0.2, 0.25) is 11.8 Å². The number of aryl methyl sites for hydroxylation is 2. The van der Waals surface area contributed by atoms with E-state index in [0.717, 1.165) is 28.9 Å². The number of hydrogen-bond acceptors (Lipinski definition) is 3. The van der Waals surface area contributed by atoms with Crippen LogP contribution in [0.1, 0.15) is 48.9 Å². The highest BCUT2D eigenvalue weighted by Gasteiger charge is 2.30. The van der Waals surface area contributed by atoms with E-state index in [4.69, 9.17) is 4.74 Å². The molecule has 5 nitrogen and oxygen atoms in total. The minimum Gasteiger partial charge on any atom is -0.497 e. The summed E-state index contributed by atoms with van der Waals surface area (Å²) in [4.78, 5) is 29.1. The fourth-order valence-electron chi connectivity index (χ4n) is 4.11. The maximum Gasteiger partial charge on any atom is 0.243 e. The largest absolute Gasteiger partial charge is 0.497 e. The van der Waals surface area contributed by atoms with Crippen molar-refractivity contribution in [3.05, 3.63) is 101 Å². The second-order valence-electron chi connectivity index (χ2n) is 9.38. The average molecular weight is 487 g/mol. The summed E-state index contributed by atoms with van der Waals surface area (Å²) in [6, 6.07) is 25.2. The predicted molar refractivity (Wildman–Crippen MR) is 145 cm³/mol. The second-order valence-corrected chi connectivity index (χ2v) is 9.38. The molecule has 0 unspecified atom stereocenters. The minimum absolute atomic E-state index is 0.0251. The van der Waals surface area contributed by atoms with Gasteiger partial charge in [-0.2, -0.15) is 0 Å². The molecule has 0 spiro atoms. The SMILES string of the molecule is CC[C@H](C)NC(=O)[C@@H](Cc1ccccc1)N(Cc1cccc(OC)c1)C(=O)CCc1ccc(C)cc1. The van der Waals surface area contributed by atoms with E-state index in [1.807, 2.05) is 68.4 Å². The zero-order valence-corrected chi connectivity index (χ0v) is 21.9. The van der Waals surface area contributed by atoms with E-state index in [-0.39, 0.29) is 17.9 Å². The molecule has 3 aromatic rings. The third-order valence-corrected chi connectivity index (χ3v) is 6.51. The smallest absolute Gasteiger partial charge is 0.243 e. The molecule has 1 N–H and O–H groups in total. The summed E-state index contributed by atoms with van der Waals surface area (Å²) < 4.78 is 5.40. The van der Waals surface area contributed by atoms with Crippen molar-refractivity contribution in [1.82, 2.24) is 10.2 Å². The van der Waals surface area contributed by atoms with E-state index in [0.29, 0.717) is 25.8 Å². The first-order chi connectivity index (χ1) is 17.4. The quantitative estimate of drug-likeness (QED) is 0.368. The number of nitrogens with zero attached hydrogens (tertiary/aromatic N) is 1. The molecule has 36 heavy (non-hydrogen) atoms. The number of nitrogens with one attached hydrogen (secondary N) is 1. The van der Waals surface area contributed by atoms with Crippen molar-refractivity contribution in [1.29, 1.82) is 0 Å². The molecule has 3 aromatic carbocycles. The van der Waals surface area contributed by atoms with Gasteiger partial charge in [-0.15, -0.1) is 0 Å². The summed E-state index contributed by atoms with van der Waals surface area (Å²) in [6.07, 6.45) is 2.22. The van der Waals surface area contributed by atoms with Gasteiger partial charge in [-0.3, -0.25) is 9.59 Å². The Bertz CT molecular complexity index is 1110. The molecule has 0 saturated carbocycles. The zero-order valence-electron chi connectivity index (χ0n) is 21.9. The van der Waals surface area contributed by atoms with Gasteiger partial charge >= 0.3 is 0 Å². The number of rotatable bonds is 12. The van der Waals surface area contributed by atoms with Crippen molar-refractivity contribution in [2.45, 2.75) is 65.1 Å². The Kier molecular flexibility index (Phi) is 10.1. The van der Waals surface area contributed by atoms with Crippen LogP contribution in [0.3, 0.4) is 0 Å². The van der Waals surface area contributed by atoms with Gasteiger partial charge < -0.3 is 15.0 Å². The molecular weight excluding hydrogens is 448 g/mol. The van der Waals surface area contributed by atoms with E-state index >= 15 is 0 Å². The van der Waals surface area contributed by atoms with Crippen LogP contribution in [0.25, 0.3) is 0 Å². The van der Waals surface area contributed by atoms with E-state index in [9.17, 15) is 9.59 Å². The average Bonchev–Trinajstić information content (AvgIpc) is 2.90. The van der Waals surface area contributed by atoms with Crippen LogP contribution in [0.15, 0.2) is 78.9 Å². The van der Waals surface area contributed by atoms with Crippen LogP contribution < -0.4 is 10.1 Å². The normalized spacial score (nSPS) is 12.4. The lowest BCUT2D eigenvalue weighted by atomic mass is 10.0. The van der Waals surface area contributed by atoms with Crippen molar-refractivity contribution < 1.29 is 14.3 Å². The lowest BCUT2D eigenvalue weighted by molar-refractivity contribution is -0.141. The summed E-state index contributed by atoms with van der Waals surface area (Å²) in [5, 5.41) is 3.12. The van der Waals surface area contributed by atoms with E-state index in [1.54, 1.807) is 12.0 Å². The highest BCUT2D eigenvalue weighted by atomic mass is 16.5. The predicted octanol–water partition coefficient (Wildman–Crippen LogP) is 5.49. The molecule has 0 heterocycles. The number of ether oxygens (including phenoxy) is 1.